The van der Waals surface area contributed by atoms with Gasteiger partial charge >= 0.3 is 0 Å². The molecule has 3 N–H and O–H groups in total. The lowest BCUT2D eigenvalue weighted by Crippen LogP contribution is -2.61. The molecule has 0 bridgehead atoms. The minimum absolute atomic E-state index is 0.126. The van der Waals surface area contributed by atoms with Crippen molar-refractivity contribution in [3.8, 4) is 0 Å². The lowest BCUT2D eigenvalue weighted by molar-refractivity contribution is -0.172. The number of hydrogen-bond donors (Lipinski definition) is 3. The van der Waals surface area contributed by atoms with Crippen molar-refractivity contribution in [2.75, 3.05) is 5.32 Å². The first-order chi connectivity index (χ1) is 13.8. The molecule has 1 aromatic rings. The van der Waals surface area contributed by atoms with Crippen LogP contribution in [0.15, 0.2) is 41.5 Å². The fourth-order valence-electron chi connectivity index (χ4n) is 7.41. The van der Waals surface area contributed by atoms with Gasteiger partial charge in [0.15, 0.2) is 0 Å². The molecule has 3 nitrogen and oxygen atoms in total. The van der Waals surface area contributed by atoms with Crippen molar-refractivity contribution in [2.45, 2.75) is 80.5 Å². The molecule has 4 unspecified atom stereocenters. The zero-order valence-electron chi connectivity index (χ0n) is 17.6. The number of para-hydroxylation sites is 1. The molecule has 29 heavy (non-hydrogen) atoms. The molecule has 4 aliphatic carbocycles. The number of benzene rings is 1. The lowest BCUT2D eigenvalue weighted by atomic mass is 9.47. The van der Waals surface area contributed by atoms with E-state index in [0.717, 1.165) is 31.4 Å². The SMILES string of the molecule is C[C@]12CCC(Nc3ccccc3)CC1[C@@H](O)[C@H](O)C1C3=C(CCC12)[C@](C)(I)CC3. The highest BCUT2D eigenvalue weighted by atomic mass is 127. The number of halogens is 1. The van der Waals surface area contributed by atoms with Gasteiger partial charge in [-0.3, -0.25) is 0 Å². The maximum Gasteiger partial charge on any atom is 0.0870 e. The summed E-state index contributed by atoms with van der Waals surface area (Å²) < 4.78 is 0.248. The predicted molar refractivity (Wildman–Crippen MR) is 126 cm³/mol. The van der Waals surface area contributed by atoms with Gasteiger partial charge in [-0.15, -0.1) is 0 Å². The van der Waals surface area contributed by atoms with Gasteiger partial charge in [-0.2, -0.15) is 0 Å². The number of nitrogens with one attached hydrogen (secondary N) is 1. The third-order valence-corrected chi connectivity index (χ3v) is 10.2. The maximum atomic E-state index is 11.3. The van der Waals surface area contributed by atoms with Gasteiger partial charge < -0.3 is 15.5 Å². The number of hydrogen-bond acceptors (Lipinski definition) is 3. The van der Waals surface area contributed by atoms with Crippen LogP contribution in [-0.4, -0.2) is 31.9 Å². The zero-order valence-corrected chi connectivity index (χ0v) is 19.7. The fraction of sp³-hybridized carbons (Fsp3) is 0.680. The van der Waals surface area contributed by atoms with E-state index < -0.39 is 12.2 Å². The molecule has 0 aliphatic heterocycles. The molecule has 0 amide bonds. The molecule has 158 valence electrons. The Balaban J connectivity index is 1.42. The summed E-state index contributed by atoms with van der Waals surface area (Å²) in [4.78, 5) is 0. The summed E-state index contributed by atoms with van der Waals surface area (Å²) in [5.74, 6) is 0.848. The van der Waals surface area contributed by atoms with Gasteiger partial charge in [0.05, 0.1) is 12.2 Å². The highest BCUT2D eigenvalue weighted by Gasteiger charge is 2.60. The summed E-state index contributed by atoms with van der Waals surface area (Å²) in [6.45, 7) is 4.78. The second kappa shape index (κ2) is 7.23. The van der Waals surface area contributed by atoms with Crippen LogP contribution in [0.1, 0.15) is 58.8 Å². The van der Waals surface area contributed by atoms with Gasteiger partial charge in [0.25, 0.3) is 0 Å². The maximum absolute atomic E-state index is 11.3. The van der Waals surface area contributed by atoms with E-state index in [1.807, 2.05) is 6.07 Å². The van der Waals surface area contributed by atoms with Gasteiger partial charge in [-0.05, 0) is 81.3 Å². The summed E-state index contributed by atoms with van der Waals surface area (Å²) in [6, 6.07) is 10.8. The summed E-state index contributed by atoms with van der Waals surface area (Å²) in [5.41, 5.74) is 4.38. The minimum atomic E-state index is -0.616. The van der Waals surface area contributed by atoms with E-state index in [1.165, 1.54) is 24.8 Å². The number of fused-ring (bicyclic) bond motifs is 4. The topological polar surface area (TPSA) is 52.5 Å². The largest absolute Gasteiger partial charge is 0.390 e. The first kappa shape index (κ1) is 20.3. The molecule has 0 saturated heterocycles. The highest BCUT2D eigenvalue weighted by molar-refractivity contribution is 14.1. The Kier molecular flexibility index (Phi) is 5.07. The number of allylic oxidation sites excluding steroid dienone is 1. The molecule has 4 heteroatoms. The molecule has 0 spiro atoms. The van der Waals surface area contributed by atoms with E-state index in [9.17, 15) is 10.2 Å². The molecule has 0 aromatic heterocycles. The van der Waals surface area contributed by atoms with E-state index >= 15 is 0 Å². The Morgan fingerprint density at radius 3 is 2.48 bits per heavy atom. The molecule has 0 heterocycles. The summed E-state index contributed by atoms with van der Waals surface area (Å²) in [6.07, 6.45) is 6.66. The molecule has 5 rings (SSSR count). The van der Waals surface area contributed by atoms with E-state index in [0.29, 0.717) is 12.0 Å². The third kappa shape index (κ3) is 3.20. The highest BCUT2D eigenvalue weighted by Crippen LogP contribution is 2.63. The second-order valence-electron chi connectivity index (χ2n) is 10.4. The Hall–Kier alpha value is -0.590. The third-order valence-electron chi connectivity index (χ3n) is 8.96. The fourth-order valence-corrected chi connectivity index (χ4v) is 8.29. The van der Waals surface area contributed by atoms with Gasteiger partial charge in [-0.1, -0.05) is 58.9 Å². The van der Waals surface area contributed by atoms with Crippen molar-refractivity contribution in [1.29, 1.82) is 0 Å². The van der Waals surface area contributed by atoms with Crippen LogP contribution >= 0.6 is 22.6 Å². The Labute approximate surface area is 188 Å². The van der Waals surface area contributed by atoms with E-state index in [2.05, 4.69) is 66.0 Å². The summed E-state index contributed by atoms with van der Waals surface area (Å²) in [5, 5.41) is 26.3. The van der Waals surface area contributed by atoms with Crippen LogP contribution in [0.3, 0.4) is 0 Å². The average Bonchev–Trinajstić information content (AvgIpc) is 3.03. The smallest absolute Gasteiger partial charge is 0.0870 e. The van der Waals surface area contributed by atoms with Crippen molar-refractivity contribution >= 4 is 28.3 Å². The van der Waals surface area contributed by atoms with Crippen LogP contribution in [0.4, 0.5) is 5.69 Å². The molecule has 2 saturated carbocycles. The zero-order chi connectivity index (χ0) is 20.4. The monoisotopic (exact) mass is 507 g/mol. The first-order valence-corrected chi connectivity index (χ1v) is 12.5. The number of anilines is 1. The first-order valence-electron chi connectivity index (χ1n) is 11.4. The molecular formula is C25H34INO2. The lowest BCUT2D eigenvalue weighted by Gasteiger charge is -2.60. The predicted octanol–water partition coefficient (Wildman–Crippen LogP) is 5.32. The van der Waals surface area contributed by atoms with Crippen molar-refractivity contribution in [3.05, 3.63) is 41.5 Å². The number of aliphatic hydroxyl groups is 2. The van der Waals surface area contributed by atoms with Gasteiger partial charge in [0.2, 0.25) is 0 Å². The van der Waals surface area contributed by atoms with E-state index in [1.54, 1.807) is 5.57 Å². The Morgan fingerprint density at radius 2 is 1.72 bits per heavy atom. The van der Waals surface area contributed by atoms with Gasteiger partial charge in [0.1, 0.15) is 0 Å². The normalized spacial score (nSPS) is 46.7. The Morgan fingerprint density at radius 1 is 0.966 bits per heavy atom. The van der Waals surface area contributed by atoms with Crippen LogP contribution in [0.25, 0.3) is 0 Å². The number of rotatable bonds is 2. The van der Waals surface area contributed by atoms with Crippen molar-refractivity contribution in [3.63, 3.8) is 0 Å². The van der Waals surface area contributed by atoms with Crippen LogP contribution in [0.2, 0.25) is 0 Å². The van der Waals surface area contributed by atoms with Crippen LogP contribution in [-0.2, 0) is 0 Å². The van der Waals surface area contributed by atoms with Gasteiger partial charge in [0, 0.05) is 21.1 Å². The summed E-state index contributed by atoms with van der Waals surface area (Å²) >= 11 is 2.62. The Bertz CT molecular complexity index is 806. The average molecular weight is 507 g/mol. The molecule has 0 radical (unpaired) electrons. The van der Waals surface area contributed by atoms with Crippen LogP contribution in [0.5, 0.6) is 0 Å². The second-order valence-corrected chi connectivity index (χ2v) is 12.8. The van der Waals surface area contributed by atoms with Crippen molar-refractivity contribution in [1.82, 2.24) is 0 Å². The molecule has 1 aromatic carbocycles. The van der Waals surface area contributed by atoms with Crippen molar-refractivity contribution in [2.24, 2.45) is 23.2 Å². The minimum Gasteiger partial charge on any atom is -0.390 e. The van der Waals surface area contributed by atoms with Crippen LogP contribution < -0.4 is 5.32 Å². The number of aliphatic hydroxyl groups excluding tert-OH is 2. The van der Waals surface area contributed by atoms with E-state index in [4.69, 9.17) is 0 Å². The standard InChI is InChI=1S/C25H34INO2/c1-24-12-10-16(27-15-6-4-3-5-7-15)14-20(24)22(28)23(29)21-17-11-13-25(2,26)18(17)8-9-19(21)24/h3-7,16,19-23,27-29H,8-14H2,1-2H3/t16?,19?,20?,21?,22-,23-,24-,25-/m1/s1. The van der Waals surface area contributed by atoms with E-state index in [-0.39, 0.29) is 20.7 Å². The van der Waals surface area contributed by atoms with Gasteiger partial charge in [-0.25, -0.2) is 0 Å². The molecular weight excluding hydrogens is 473 g/mol. The molecule has 4 aliphatic rings. The quantitative estimate of drug-likeness (QED) is 0.289. The molecule has 8 atom stereocenters. The molecule has 2 fully saturated rings. The number of alkyl halides is 1. The summed E-state index contributed by atoms with van der Waals surface area (Å²) in [7, 11) is 0. The van der Waals surface area contributed by atoms with Crippen molar-refractivity contribution < 1.29 is 10.2 Å². The van der Waals surface area contributed by atoms with Crippen LogP contribution in [0, 0.1) is 23.2 Å².